The minimum atomic E-state index is -0.521. The summed E-state index contributed by atoms with van der Waals surface area (Å²) >= 11 is 0. The van der Waals surface area contributed by atoms with Gasteiger partial charge in [-0.05, 0) is 111 Å². The maximum absolute atomic E-state index is 13.2. The second-order valence-corrected chi connectivity index (χ2v) is 16.6. The molecule has 46 heavy (non-hydrogen) atoms. The fraction of sp³-hybridized carbons (Fsp3) is 0.829. The van der Waals surface area contributed by atoms with Gasteiger partial charge in [-0.1, -0.05) is 87.5 Å². The normalized spacial score (nSPS) is 35.9. The summed E-state index contributed by atoms with van der Waals surface area (Å²) in [5.74, 6) is 2.93. The number of allylic oxidation sites excluding steroid dienone is 1. The van der Waals surface area contributed by atoms with Crippen molar-refractivity contribution in [2.24, 2.45) is 57.2 Å². The Balaban J connectivity index is 0.00000139. The van der Waals surface area contributed by atoms with E-state index in [9.17, 15) is 14.4 Å². The van der Waals surface area contributed by atoms with Gasteiger partial charge in [-0.2, -0.15) is 0 Å². The first-order chi connectivity index (χ1) is 21.6. The Morgan fingerprint density at radius 2 is 1.48 bits per heavy atom. The van der Waals surface area contributed by atoms with Crippen LogP contribution >= 0.6 is 0 Å². The van der Waals surface area contributed by atoms with E-state index >= 15 is 0 Å². The highest BCUT2D eigenvalue weighted by Gasteiger charge is 2.65. The van der Waals surface area contributed by atoms with Crippen molar-refractivity contribution in [3.63, 3.8) is 0 Å². The molecule has 4 fully saturated rings. The van der Waals surface area contributed by atoms with Crippen LogP contribution in [0.4, 0.5) is 0 Å². The van der Waals surface area contributed by atoms with Crippen molar-refractivity contribution in [2.75, 3.05) is 6.61 Å². The lowest BCUT2D eigenvalue weighted by atomic mass is 9.36. The standard InChI is InChI=1S/C36H58O5.C3H6.C2H6/c1-9-11-25-24(23-37)12-14-27-26(25)13-15-29-35(27,7)18-16-28-34(5,6)30(17-19-36(28,29)8)41-32(39)22-33(3,4)21-31(38)40-20-10-2;1-3-2;1-2/h10,23-30H,2,9,11-22H2,1,3-8H3;3H,1H2,2H3;1-2H3. The third kappa shape index (κ3) is 8.56. The first-order valence-corrected chi connectivity index (χ1v) is 18.6. The maximum atomic E-state index is 13.2. The Hall–Kier alpha value is -1.91. The lowest BCUT2D eigenvalue weighted by Crippen LogP contribution is -2.63. The molecule has 4 aliphatic carbocycles. The molecule has 0 aromatic carbocycles. The largest absolute Gasteiger partial charge is 0.462 e. The molecular formula is C41H70O5. The topological polar surface area (TPSA) is 69.7 Å². The van der Waals surface area contributed by atoms with E-state index in [4.69, 9.17) is 9.47 Å². The van der Waals surface area contributed by atoms with Gasteiger partial charge >= 0.3 is 11.9 Å². The van der Waals surface area contributed by atoms with Crippen LogP contribution in [0.1, 0.15) is 146 Å². The second kappa shape index (κ2) is 17.0. The van der Waals surface area contributed by atoms with Gasteiger partial charge in [0.05, 0.1) is 12.8 Å². The number of fused-ring (bicyclic) bond motifs is 5. The van der Waals surface area contributed by atoms with Crippen LogP contribution in [0.25, 0.3) is 0 Å². The lowest BCUT2D eigenvalue weighted by Gasteiger charge is -2.68. The van der Waals surface area contributed by atoms with Crippen LogP contribution < -0.4 is 0 Å². The molecule has 4 saturated carbocycles. The van der Waals surface area contributed by atoms with E-state index in [1.807, 2.05) is 34.6 Å². The zero-order valence-corrected chi connectivity index (χ0v) is 31.4. The van der Waals surface area contributed by atoms with E-state index in [2.05, 4.69) is 47.8 Å². The van der Waals surface area contributed by atoms with Crippen LogP contribution in [0, 0.1) is 57.2 Å². The van der Waals surface area contributed by atoms with Crippen molar-refractivity contribution in [2.45, 2.75) is 152 Å². The fourth-order valence-corrected chi connectivity index (χ4v) is 11.1. The molecule has 0 bridgehead atoms. The van der Waals surface area contributed by atoms with Crippen LogP contribution in [0.3, 0.4) is 0 Å². The van der Waals surface area contributed by atoms with E-state index in [1.54, 1.807) is 12.2 Å². The Kier molecular flexibility index (Phi) is 14.8. The third-order valence-electron chi connectivity index (χ3n) is 12.8. The zero-order chi connectivity index (χ0) is 34.9. The molecule has 5 heteroatoms. The highest BCUT2D eigenvalue weighted by molar-refractivity contribution is 5.74. The van der Waals surface area contributed by atoms with Crippen LogP contribution in [-0.4, -0.2) is 30.9 Å². The number of rotatable bonds is 10. The second-order valence-electron chi connectivity index (χ2n) is 16.6. The lowest BCUT2D eigenvalue weighted by molar-refractivity contribution is -0.219. The quantitative estimate of drug-likeness (QED) is 0.135. The summed E-state index contributed by atoms with van der Waals surface area (Å²) in [6.07, 6.45) is 16.5. The molecule has 0 saturated heterocycles. The molecule has 0 aromatic heterocycles. The number of carbonyl (C=O) groups is 3. The molecule has 0 aliphatic heterocycles. The van der Waals surface area contributed by atoms with Crippen LogP contribution in [-0.2, 0) is 23.9 Å². The number of ether oxygens (including phenoxy) is 2. The number of hydrogen-bond donors (Lipinski definition) is 0. The molecule has 0 aromatic rings. The van der Waals surface area contributed by atoms with Gasteiger partial charge in [0.2, 0.25) is 0 Å². The molecule has 9 unspecified atom stereocenters. The molecule has 0 N–H and O–H groups in total. The number of hydrogen-bond acceptors (Lipinski definition) is 5. The van der Waals surface area contributed by atoms with Crippen molar-refractivity contribution >= 4 is 18.2 Å². The molecular weight excluding hydrogens is 572 g/mol. The van der Waals surface area contributed by atoms with Gasteiger partial charge in [0.25, 0.3) is 0 Å². The number of carbonyl (C=O) groups excluding carboxylic acids is 3. The van der Waals surface area contributed by atoms with Crippen molar-refractivity contribution in [3.8, 4) is 0 Å². The van der Waals surface area contributed by atoms with E-state index in [-0.39, 0.29) is 54.2 Å². The van der Waals surface area contributed by atoms with Gasteiger partial charge < -0.3 is 14.3 Å². The molecule has 0 spiro atoms. The van der Waals surface area contributed by atoms with Gasteiger partial charge in [-0.15, -0.1) is 6.58 Å². The maximum Gasteiger partial charge on any atom is 0.306 e. The first kappa shape index (κ1) is 40.3. The van der Waals surface area contributed by atoms with Gasteiger partial charge in [0, 0.05) is 11.3 Å². The summed E-state index contributed by atoms with van der Waals surface area (Å²) < 4.78 is 11.4. The fourth-order valence-electron chi connectivity index (χ4n) is 11.1. The minimum Gasteiger partial charge on any atom is -0.462 e. The highest BCUT2D eigenvalue weighted by Crippen LogP contribution is 2.71. The Bertz CT molecular complexity index is 1030. The number of esters is 2. The van der Waals surface area contributed by atoms with Crippen molar-refractivity contribution < 1.29 is 23.9 Å². The molecule has 4 aliphatic rings. The molecule has 5 nitrogen and oxygen atoms in total. The summed E-state index contributed by atoms with van der Waals surface area (Å²) in [6, 6.07) is 0. The molecule has 4 rings (SSSR count). The Morgan fingerprint density at radius 3 is 2.07 bits per heavy atom. The van der Waals surface area contributed by atoms with Crippen LogP contribution in [0.2, 0.25) is 0 Å². The predicted octanol–water partition coefficient (Wildman–Crippen LogP) is 10.6. The summed E-state index contributed by atoms with van der Waals surface area (Å²) in [7, 11) is 0. The van der Waals surface area contributed by atoms with Gasteiger partial charge in [-0.25, -0.2) is 0 Å². The van der Waals surface area contributed by atoms with Gasteiger partial charge in [0.15, 0.2) is 0 Å². The van der Waals surface area contributed by atoms with E-state index < -0.39 is 5.41 Å². The molecule has 0 heterocycles. The van der Waals surface area contributed by atoms with Crippen LogP contribution in [0.5, 0.6) is 0 Å². The first-order valence-electron chi connectivity index (χ1n) is 18.6. The molecule has 0 radical (unpaired) electrons. The smallest absolute Gasteiger partial charge is 0.306 e. The molecule has 9 atom stereocenters. The molecule has 264 valence electrons. The number of aldehydes is 1. The average molecular weight is 643 g/mol. The summed E-state index contributed by atoms with van der Waals surface area (Å²) in [6.45, 7) is 29.0. The predicted molar refractivity (Wildman–Crippen MR) is 190 cm³/mol. The molecule has 0 amide bonds. The van der Waals surface area contributed by atoms with E-state index in [0.29, 0.717) is 29.1 Å². The van der Waals surface area contributed by atoms with Crippen molar-refractivity contribution in [3.05, 3.63) is 25.3 Å². The summed E-state index contributed by atoms with van der Waals surface area (Å²) in [4.78, 5) is 37.4. The Labute approximate surface area is 283 Å². The Morgan fingerprint density at radius 1 is 0.870 bits per heavy atom. The zero-order valence-electron chi connectivity index (χ0n) is 31.4. The van der Waals surface area contributed by atoms with Crippen molar-refractivity contribution in [1.29, 1.82) is 0 Å². The van der Waals surface area contributed by atoms with Crippen molar-refractivity contribution in [1.82, 2.24) is 0 Å². The van der Waals surface area contributed by atoms with E-state index in [1.165, 1.54) is 51.2 Å². The van der Waals surface area contributed by atoms with Gasteiger partial charge in [-0.3, -0.25) is 9.59 Å². The average Bonchev–Trinajstić information content (AvgIpc) is 2.98. The summed E-state index contributed by atoms with van der Waals surface area (Å²) in [5, 5.41) is 0. The van der Waals surface area contributed by atoms with Gasteiger partial charge in [0.1, 0.15) is 19.0 Å². The SMILES string of the molecule is C=CC.C=CCOC(=O)CC(C)(C)CC(=O)OC1CCC2(C)C(CCC3(C)C4CCC(C=O)C(CCC)C4CCC32)C1(C)C.CC. The van der Waals surface area contributed by atoms with E-state index in [0.717, 1.165) is 25.2 Å². The third-order valence-corrected chi connectivity index (χ3v) is 12.8. The summed E-state index contributed by atoms with van der Waals surface area (Å²) in [5.41, 5.74) is -0.0572. The minimum absolute atomic E-state index is 0.103. The monoisotopic (exact) mass is 643 g/mol. The van der Waals surface area contributed by atoms with Crippen LogP contribution in [0.15, 0.2) is 25.3 Å². The highest BCUT2D eigenvalue weighted by atomic mass is 16.5.